The van der Waals surface area contributed by atoms with E-state index < -0.39 is 0 Å². The molecule has 2 nitrogen and oxygen atoms in total. The highest BCUT2D eigenvalue weighted by molar-refractivity contribution is 8.01. The Morgan fingerprint density at radius 2 is 2.00 bits per heavy atom. The van der Waals surface area contributed by atoms with Crippen LogP contribution in [0.15, 0.2) is 24.3 Å². The zero-order valence-corrected chi connectivity index (χ0v) is 9.23. The van der Waals surface area contributed by atoms with Crippen molar-refractivity contribution in [2.45, 2.75) is 17.5 Å². The minimum atomic E-state index is 0.0377. The van der Waals surface area contributed by atoms with E-state index in [2.05, 4.69) is 5.32 Å². The summed E-state index contributed by atoms with van der Waals surface area (Å²) in [6.45, 7) is 1.91. The summed E-state index contributed by atoms with van der Waals surface area (Å²) in [6.07, 6.45) is 0. The number of hydrogen-bond acceptors (Lipinski definition) is 2. The minimum Gasteiger partial charge on any atom is -0.339 e. The van der Waals surface area contributed by atoms with Crippen LogP contribution >= 0.6 is 23.4 Å². The van der Waals surface area contributed by atoms with Crippen LogP contribution in [0, 0.1) is 0 Å². The molecule has 0 aromatic heterocycles. The van der Waals surface area contributed by atoms with Crippen LogP contribution in [0.2, 0.25) is 5.02 Å². The molecular weight excluding hydrogens is 218 g/mol. The second-order valence-electron chi connectivity index (χ2n) is 3.22. The van der Waals surface area contributed by atoms with Crippen molar-refractivity contribution >= 4 is 29.3 Å². The number of halogens is 1. The second kappa shape index (κ2) is 3.83. The highest BCUT2D eigenvalue weighted by Gasteiger charge is 2.29. The Balaban J connectivity index is 2.17. The summed E-state index contributed by atoms with van der Waals surface area (Å²) < 4.78 is 0. The molecule has 0 radical (unpaired) electrons. The largest absolute Gasteiger partial charge is 0.339 e. The maximum absolute atomic E-state index is 11.3. The van der Waals surface area contributed by atoms with Gasteiger partial charge in [-0.25, -0.2) is 0 Å². The maximum Gasteiger partial charge on any atom is 0.234 e. The topological polar surface area (TPSA) is 29.1 Å². The summed E-state index contributed by atoms with van der Waals surface area (Å²) in [6, 6.07) is 7.57. The molecule has 1 amide bonds. The first-order valence-electron chi connectivity index (χ1n) is 4.38. The number of carbonyl (C=O) groups is 1. The first kappa shape index (κ1) is 9.87. The van der Waals surface area contributed by atoms with E-state index in [-0.39, 0.29) is 16.5 Å². The molecule has 0 spiro atoms. The molecule has 1 N–H and O–H groups in total. The summed E-state index contributed by atoms with van der Waals surface area (Å²) >= 11 is 7.41. The first-order chi connectivity index (χ1) is 6.66. The summed E-state index contributed by atoms with van der Waals surface area (Å²) in [4.78, 5) is 11.3. The quantitative estimate of drug-likeness (QED) is 0.799. The van der Waals surface area contributed by atoms with Gasteiger partial charge in [0.25, 0.3) is 0 Å². The normalized spacial score (nSPS) is 26.3. The Kier molecular flexibility index (Phi) is 2.70. The Labute approximate surface area is 92.0 Å². The van der Waals surface area contributed by atoms with E-state index in [0.29, 0.717) is 0 Å². The molecule has 1 heterocycles. The molecule has 1 fully saturated rings. The van der Waals surface area contributed by atoms with Gasteiger partial charge in [0, 0.05) is 5.02 Å². The molecule has 74 valence electrons. The van der Waals surface area contributed by atoms with Crippen LogP contribution in [0.25, 0.3) is 0 Å². The lowest BCUT2D eigenvalue weighted by atomic mass is 10.2. The summed E-state index contributed by atoms with van der Waals surface area (Å²) in [5.74, 6) is 0.106. The van der Waals surface area contributed by atoms with Gasteiger partial charge in [0.15, 0.2) is 0 Å². The van der Waals surface area contributed by atoms with Crippen molar-refractivity contribution in [2.24, 2.45) is 0 Å². The summed E-state index contributed by atoms with van der Waals surface area (Å²) in [7, 11) is 0. The number of carbonyl (C=O) groups excluding carboxylic acids is 1. The van der Waals surface area contributed by atoms with E-state index in [0.717, 1.165) is 10.6 Å². The van der Waals surface area contributed by atoms with Gasteiger partial charge in [0.2, 0.25) is 5.91 Å². The monoisotopic (exact) mass is 227 g/mol. The van der Waals surface area contributed by atoms with Gasteiger partial charge in [-0.2, -0.15) is 0 Å². The van der Waals surface area contributed by atoms with E-state index in [1.54, 1.807) is 11.8 Å². The maximum atomic E-state index is 11.3. The van der Waals surface area contributed by atoms with Crippen LogP contribution in [0.4, 0.5) is 0 Å². The van der Waals surface area contributed by atoms with Gasteiger partial charge in [-0.15, -0.1) is 11.8 Å². The molecule has 2 rings (SSSR count). The number of rotatable bonds is 1. The fourth-order valence-corrected chi connectivity index (χ4v) is 2.57. The average molecular weight is 228 g/mol. The zero-order chi connectivity index (χ0) is 10.1. The van der Waals surface area contributed by atoms with Gasteiger partial charge in [0.1, 0.15) is 5.37 Å². The number of benzene rings is 1. The van der Waals surface area contributed by atoms with Crippen LogP contribution in [0.1, 0.15) is 17.9 Å². The van der Waals surface area contributed by atoms with Crippen molar-refractivity contribution < 1.29 is 4.79 Å². The van der Waals surface area contributed by atoms with Crippen molar-refractivity contribution in [3.63, 3.8) is 0 Å². The summed E-state index contributed by atoms with van der Waals surface area (Å²) in [5, 5.41) is 3.76. The molecule has 0 aliphatic carbocycles. The van der Waals surface area contributed by atoms with Gasteiger partial charge >= 0.3 is 0 Å². The van der Waals surface area contributed by atoms with Gasteiger partial charge in [-0.1, -0.05) is 23.7 Å². The molecule has 1 aromatic rings. The van der Waals surface area contributed by atoms with Crippen LogP contribution in [-0.2, 0) is 4.79 Å². The minimum absolute atomic E-state index is 0.0377. The molecule has 0 saturated carbocycles. The third-order valence-electron chi connectivity index (χ3n) is 2.16. The number of thioether (sulfide) groups is 1. The molecule has 4 heteroatoms. The third kappa shape index (κ3) is 1.88. The Hall–Kier alpha value is -0.670. The molecule has 1 aliphatic rings. The van der Waals surface area contributed by atoms with Crippen LogP contribution in [0.5, 0.6) is 0 Å². The van der Waals surface area contributed by atoms with Crippen molar-refractivity contribution in [2.75, 3.05) is 0 Å². The smallest absolute Gasteiger partial charge is 0.234 e. The second-order valence-corrected chi connectivity index (χ2v) is 5.11. The molecule has 0 bridgehead atoms. The molecule has 14 heavy (non-hydrogen) atoms. The number of nitrogens with one attached hydrogen (secondary N) is 1. The zero-order valence-electron chi connectivity index (χ0n) is 7.66. The van der Waals surface area contributed by atoms with Crippen LogP contribution < -0.4 is 5.32 Å². The van der Waals surface area contributed by atoms with Gasteiger partial charge in [-0.3, -0.25) is 4.79 Å². The molecular formula is C10H10ClNOS. The van der Waals surface area contributed by atoms with Crippen molar-refractivity contribution in [3.05, 3.63) is 34.9 Å². The van der Waals surface area contributed by atoms with E-state index in [1.165, 1.54) is 0 Å². The third-order valence-corrected chi connectivity index (χ3v) is 3.69. The van der Waals surface area contributed by atoms with Crippen LogP contribution in [0.3, 0.4) is 0 Å². The van der Waals surface area contributed by atoms with E-state index in [4.69, 9.17) is 11.6 Å². The lowest BCUT2D eigenvalue weighted by Crippen LogP contribution is -2.22. The van der Waals surface area contributed by atoms with Crippen molar-refractivity contribution in [1.29, 1.82) is 0 Å². The Morgan fingerprint density at radius 1 is 1.36 bits per heavy atom. The predicted molar refractivity (Wildman–Crippen MR) is 59.4 cm³/mol. The molecule has 1 aromatic carbocycles. The summed E-state index contributed by atoms with van der Waals surface area (Å²) in [5.41, 5.74) is 1.09. The molecule has 2 atom stereocenters. The lowest BCUT2D eigenvalue weighted by Gasteiger charge is -2.08. The highest BCUT2D eigenvalue weighted by Crippen LogP contribution is 2.35. The Morgan fingerprint density at radius 3 is 2.50 bits per heavy atom. The van der Waals surface area contributed by atoms with Gasteiger partial charge in [-0.05, 0) is 24.6 Å². The molecule has 1 aliphatic heterocycles. The molecule has 1 saturated heterocycles. The average Bonchev–Trinajstić information content (AvgIpc) is 2.48. The fourth-order valence-electron chi connectivity index (χ4n) is 1.35. The number of amides is 1. The van der Waals surface area contributed by atoms with E-state index >= 15 is 0 Å². The highest BCUT2D eigenvalue weighted by atomic mass is 35.5. The van der Waals surface area contributed by atoms with E-state index in [1.807, 2.05) is 31.2 Å². The standard InChI is InChI=1S/C10H10ClNOS/c1-6-9(13)12-10(14-6)7-2-4-8(11)5-3-7/h2-6,10H,1H3,(H,12,13)/t6-,10+/m1/s1. The predicted octanol–water partition coefficient (Wildman–Crippen LogP) is 2.59. The van der Waals surface area contributed by atoms with E-state index in [9.17, 15) is 4.79 Å². The van der Waals surface area contributed by atoms with Crippen molar-refractivity contribution in [3.8, 4) is 0 Å². The number of hydrogen-bond donors (Lipinski definition) is 1. The van der Waals surface area contributed by atoms with Crippen molar-refractivity contribution in [1.82, 2.24) is 5.32 Å². The first-order valence-corrected chi connectivity index (χ1v) is 5.70. The Bertz CT molecular complexity index is 352. The van der Waals surface area contributed by atoms with Crippen LogP contribution in [-0.4, -0.2) is 11.2 Å². The fraction of sp³-hybridized carbons (Fsp3) is 0.300. The van der Waals surface area contributed by atoms with Gasteiger partial charge < -0.3 is 5.32 Å². The van der Waals surface area contributed by atoms with Gasteiger partial charge in [0.05, 0.1) is 5.25 Å². The SMILES string of the molecule is C[C@H]1S[C@@H](c2ccc(Cl)cc2)NC1=O. The molecule has 0 unspecified atom stereocenters. The lowest BCUT2D eigenvalue weighted by molar-refractivity contribution is -0.119.